The fourth-order valence-electron chi connectivity index (χ4n) is 1.78. The van der Waals surface area contributed by atoms with E-state index in [4.69, 9.17) is 0 Å². The molecule has 2 heteroatoms. The maximum Gasteiger partial charge on any atom is 0.0331 e. The van der Waals surface area contributed by atoms with Crippen LogP contribution in [0, 0.1) is 0 Å². The highest BCUT2D eigenvalue weighted by atomic mass is 79.9. The van der Waals surface area contributed by atoms with Crippen molar-refractivity contribution in [1.29, 1.82) is 0 Å². The molecule has 0 amide bonds. The molecule has 1 unspecified atom stereocenters. The van der Waals surface area contributed by atoms with E-state index in [2.05, 4.69) is 59.4 Å². The van der Waals surface area contributed by atoms with E-state index < -0.39 is 0 Å². The van der Waals surface area contributed by atoms with Crippen LogP contribution >= 0.6 is 15.9 Å². The van der Waals surface area contributed by atoms with Gasteiger partial charge in [0.15, 0.2) is 0 Å². The topological polar surface area (TPSA) is 12.0 Å². The number of hydrogen-bond acceptors (Lipinski definition) is 1. The highest BCUT2D eigenvalue weighted by Gasteiger charge is 2.11. The lowest BCUT2D eigenvalue weighted by molar-refractivity contribution is 0.493. The molecule has 1 aromatic rings. The quantitative estimate of drug-likeness (QED) is 0.813. The third-order valence-electron chi connectivity index (χ3n) is 2.58. The molecule has 0 heterocycles. The number of hydrogen-bond donors (Lipinski definition) is 1. The van der Waals surface area contributed by atoms with E-state index in [9.17, 15) is 0 Å². The molecule has 0 aromatic heterocycles. The van der Waals surface area contributed by atoms with E-state index >= 15 is 0 Å². The van der Waals surface area contributed by atoms with Crippen molar-refractivity contribution < 1.29 is 0 Å². The molecule has 84 valence electrons. The summed E-state index contributed by atoms with van der Waals surface area (Å²) in [6.45, 7) is 5.43. The second-order valence-corrected chi connectivity index (χ2v) is 4.63. The van der Waals surface area contributed by atoms with Crippen LogP contribution in [-0.2, 0) is 0 Å². The molecule has 0 saturated carbocycles. The molecule has 1 atom stereocenters. The zero-order chi connectivity index (χ0) is 11.1. The Labute approximate surface area is 101 Å². The third kappa shape index (κ3) is 3.96. The van der Waals surface area contributed by atoms with E-state index in [0.717, 1.165) is 6.54 Å². The number of unbranched alkanes of at least 4 members (excludes halogenated alkanes) is 1. The van der Waals surface area contributed by atoms with Gasteiger partial charge in [0.05, 0.1) is 0 Å². The molecule has 1 N–H and O–H groups in total. The number of nitrogens with one attached hydrogen (secondary N) is 1. The van der Waals surface area contributed by atoms with Gasteiger partial charge in [-0.2, -0.15) is 0 Å². The summed E-state index contributed by atoms with van der Waals surface area (Å²) >= 11 is 3.62. The van der Waals surface area contributed by atoms with Crippen LogP contribution in [0.2, 0.25) is 0 Å². The minimum absolute atomic E-state index is 0.491. The Morgan fingerprint density at radius 2 is 2.00 bits per heavy atom. The molecule has 0 fully saturated rings. The lowest BCUT2D eigenvalue weighted by Crippen LogP contribution is -2.21. The van der Waals surface area contributed by atoms with Crippen molar-refractivity contribution in [3.8, 4) is 0 Å². The summed E-state index contributed by atoms with van der Waals surface area (Å²) in [4.78, 5) is 0. The SMILES string of the molecule is CCCCC(NCC)c1ccccc1Br. The molecule has 1 nitrogen and oxygen atoms in total. The fraction of sp³-hybridized carbons (Fsp3) is 0.538. The van der Waals surface area contributed by atoms with Crippen molar-refractivity contribution in [2.75, 3.05) is 6.54 Å². The molecule has 0 spiro atoms. The molecule has 0 bridgehead atoms. The highest BCUT2D eigenvalue weighted by Crippen LogP contribution is 2.26. The zero-order valence-corrected chi connectivity index (χ0v) is 11.2. The summed E-state index contributed by atoms with van der Waals surface area (Å²) in [5, 5.41) is 3.54. The van der Waals surface area contributed by atoms with E-state index in [0.29, 0.717) is 6.04 Å². The summed E-state index contributed by atoms with van der Waals surface area (Å²) < 4.78 is 1.21. The van der Waals surface area contributed by atoms with E-state index in [1.807, 2.05) is 0 Å². The first-order valence-corrected chi connectivity index (χ1v) is 6.56. The van der Waals surface area contributed by atoms with Crippen LogP contribution in [0.5, 0.6) is 0 Å². The molecule has 0 radical (unpaired) electrons. The van der Waals surface area contributed by atoms with Gasteiger partial charge in [-0.25, -0.2) is 0 Å². The van der Waals surface area contributed by atoms with E-state index in [1.54, 1.807) is 0 Å². The third-order valence-corrected chi connectivity index (χ3v) is 3.30. The molecule has 1 rings (SSSR count). The normalized spacial score (nSPS) is 12.7. The fourth-order valence-corrected chi connectivity index (χ4v) is 2.34. The van der Waals surface area contributed by atoms with Gasteiger partial charge in [0.1, 0.15) is 0 Å². The van der Waals surface area contributed by atoms with Crippen molar-refractivity contribution in [1.82, 2.24) is 5.32 Å². The van der Waals surface area contributed by atoms with Crippen molar-refractivity contribution in [3.05, 3.63) is 34.3 Å². The molecule has 0 aliphatic heterocycles. The van der Waals surface area contributed by atoms with Crippen LogP contribution < -0.4 is 5.32 Å². The number of benzene rings is 1. The van der Waals surface area contributed by atoms with Crippen LogP contribution in [-0.4, -0.2) is 6.54 Å². The van der Waals surface area contributed by atoms with Gasteiger partial charge in [-0.15, -0.1) is 0 Å². The van der Waals surface area contributed by atoms with Crippen LogP contribution in [0.15, 0.2) is 28.7 Å². The van der Waals surface area contributed by atoms with Gasteiger partial charge in [0.25, 0.3) is 0 Å². The van der Waals surface area contributed by atoms with Gasteiger partial charge in [-0.3, -0.25) is 0 Å². The summed E-state index contributed by atoms with van der Waals surface area (Å²) in [6, 6.07) is 8.98. The van der Waals surface area contributed by atoms with Gasteiger partial charge < -0.3 is 5.32 Å². The molecular formula is C13H20BrN. The first kappa shape index (κ1) is 12.7. The highest BCUT2D eigenvalue weighted by molar-refractivity contribution is 9.10. The monoisotopic (exact) mass is 269 g/mol. The van der Waals surface area contributed by atoms with Gasteiger partial charge in [-0.1, -0.05) is 60.8 Å². The smallest absolute Gasteiger partial charge is 0.0331 e. The largest absolute Gasteiger partial charge is 0.310 e. The predicted molar refractivity (Wildman–Crippen MR) is 70.1 cm³/mol. The minimum Gasteiger partial charge on any atom is -0.310 e. The van der Waals surface area contributed by atoms with Crippen molar-refractivity contribution in [2.24, 2.45) is 0 Å². The van der Waals surface area contributed by atoms with Gasteiger partial charge in [-0.05, 0) is 24.6 Å². The summed E-state index contributed by atoms with van der Waals surface area (Å²) in [6.07, 6.45) is 3.75. The average Bonchev–Trinajstić information content (AvgIpc) is 2.25. The number of halogens is 1. The first-order chi connectivity index (χ1) is 7.29. The van der Waals surface area contributed by atoms with Crippen molar-refractivity contribution in [2.45, 2.75) is 39.2 Å². The van der Waals surface area contributed by atoms with Crippen LogP contribution in [0.4, 0.5) is 0 Å². The Morgan fingerprint density at radius 1 is 1.27 bits per heavy atom. The Morgan fingerprint density at radius 3 is 2.60 bits per heavy atom. The number of rotatable bonds is 6. The Bertz CT molecular complexity index is 286. The molecule has 0 aliphatic carbocycles. The van der Waals surface area contributed by atoms with Crippen molar-refractivity contribution in [3.63, 3.8) is 0 Å². The Hall–Kier alpha value is -0.340. The Balaban J connectivity index is 2.74. The maximum absolute atomic E-state index is 3.62. The summed E-state index contributed by atoms with van der Waals surface area (Å²) in [5.41, 5.74) is 1.38. The maximum atomic E-state index is 3.62. The Kier molecular flexibility index (Phi) is 5.96. The first-order valence-electron chi connectivity index (χ1n) is 5.77. The minimum atomic E-state index is 0.491. The lowest BCUT2D eigenvalue weighted by atomic mass is 10.0. The molecule has 0 saturated heterocycles. The predicted octanol–water partition coefficient (Wildman–Crippen LogP) is 4.29. The summed E-state index contributed by atoms with van der Waals surface area (Å²) in [5.74, 6) is 0. The van der Waals surface area contributed by atoms with E-state index in [1.165, 1.54) is 29.3 Å². The van der Waals surface area contributed by atoms with Crippen molar-refractivity contribution >= 4 is 15.9 Å². The zero-order valence-electron chi connectivity index (χ0n) is 9.59. The van der Waals surface area contributed by atoms with Crippen LogP contribution in [0.25, 0.3) is 0 Å². The second-order valence-electron chi connectivity index (χ2n) is 3.77. The lowest BCUT2D eigenvalue weighted by Gasteiger charge is -2.19. The standard InChI is InChI=1S/C13H20BrN/c1-3-5-10-13(15-4-2)11-8-6-7-9-12(11)14/h6-9,13,15H,3-5,10H2,1-2H3. The molecule has 15 heavy (non-hydrogen) atoms. The second kappa shape index (κ2) is 7.02. The van der Waals surface area contributed by atoms with Crippen LogP contribution in [0.1, 0.15) is 44.7 Å². The van der Waals surface area contributed by atoms with Crippen LogP contribution in [0.3, 0.4) is 0 Å². The average molecular weight is 270 g/mol. The molecule has 1 aromatic carbocycles. The molecular weight excluding hydrogens is 250 g/mol. The summed E-state index contributed by atoms with van der Waals surface area (Å²) in [7, 11) is 0. The van der Waals surface area contributed by atoms with Gasteiger partial charge in [0.2, 0.25) is 0 Å². The van der Waals surface area contributed by atoms with E-state index in [-0.39, 0.29) is 0 Å². The van der Waals surface area contributed by atoms with Gasteiger partial charge >= 0.3 is 0 Å². The van der Waals surface area contributed by atoms with Gasteiger partial charge in [0, 0.05) is 10.5 Å². The molecule has 0 aliphatic rings.